The van der Waals surface area contributed by atoms with Gasteiger partial charge in [-0.3, -0.25) is 9.59 Å². The number of hydrogen-bond donors (Lipinski definition) is 2. The maximum Gasteiger partial charge on any atom is 0.265 e. The third kappa shape index (κ3) is 3.31. The summed E-state index contributed by atoms with van der Waals surface area (Å²) in [5, 5.41) is 5.71. The maximum absolute atomic E-state index is 12.7. The third-order valence-electron chi connectivity index (χ3n) is 4.93. The molecule has 2 aromatic carbocycles. The van der Waals surface area contributed by atoms with E-state index in [0.29, 0.717) is 23.7 Å². The van der Waals surface area contributed by atoms with Gasteiger partial charge in [-0.25, -0.2) is 4.98 Å². The van der Waals surface area contributed by atoms with Crippen LogP contribution in [0, 0.1) is 12.8 Å². The smallest absolute Gasteiger partial charge is 0.265 e. The number of carbonyl (C=O) groups excluding carboxylic acids is 2. The fourth-order valence-corrected chi connectivity index (χ4v) is 3.34. The average Bonchev–Trinajstić information content (AvgIpc) is 2.98. The van der Waals surface area contributed by atoms with Gasteiger partial charge in [-0.15, -0.1) is 0 Å². The van der Waals surface area contributed by atoms with E-state index in [9.17, 15) is 9.59 Å². The second-order valence-corrected chi connectivity index (χ2v) is 7.11. The van der Waals surface area contributed by atoms with Crippen molar-refractivity contribution in [2.45, 2.75) is 33.4 Å². The number of nitrogens with one attached hydrogen (secondary N) is 2. The first-order valence-electron chi connectivity index (χ1n) is 9.26. The lowest BCUT2D eigenvalue weighted by Crippen LogP contribution is -2.34. The Morgan fingerprint density at radius 3 is 2.93 bits per heavy atom. The van der Waals surface area contributed by atoms with E-state index >= 15 is 0 Å². The van der Waals surface area contributed by atoms with Gasteiger partial charge in [0.1, 0.15) is 11.6 Å². The van der Waals surface area contributed by atoms with Crippen LogP contribution in [0.2, 0.25) is 0 Å². The van der Waals surface area contributed by atoms with Crippen LogP contribution in [0.15, 0.2) is 42.5 Å². The number of anilines is 2. The second kappa shape index (κ2) is 6.99. The van der Waals surface area contributed by atoms with Crippen molar-refractivity contribution in [3.8, 4) is 5.75 Å². The summed E-state index contributed by atoms with van der Waals surface area (Å²) in [4.78, 5) is 29.0. The minimum Gasteiger partial charge on any atom is -0.479 e. The van der Waals surface area contributed by atoms with Crippen molar-refractivity contribution >= 4 is 34.2 Å². The maximum atomic E-state index is 12.7. The molecule has 0 fully saturated rings. The van der Waals surface area contributed by atoms with Gasteiger partial charge in [-0.2, -0.15) is 0 Å². The minimum atomic E-state index is -0.527. The lowest BCUT2D eigenvalue weighted by Gasteiger charge is -2.24. The number of amides is 2. The van der Waals surface area contributed by atoms with Gasteiger partial charge in [-0.1, -0.05) is 19.1 Å². The van der Waals surface area contributed by atoms with E-state index in [1.165, 1.54) is 0 Å². The van der Waals surface area contributed by atoms with Gasteiger partial charge < -0.3 is 19.9 Å². The van der Waals surface area contributed by atoms with Crippen molar-refractivity contribution < 1.29 is 14.3 Å². The van der Waals surface area contributed by atoms with Gasteiger partial charge in [-0.05, 0) is 44.2 Å². The fourth-order valence-electron chi connectivity index (χ4n) is 3.34. The molecule has 4 rings (SSSR count). The van der Waals surface area contributed by atoms with Crippen LogP contribution >= 0.6 is 0 Å². The van der Waals surface area contributed by atoms with E-state index < -0.39 is 6.10 Å². The van der Waals surface area contributed by atoms with Crippen molar-refractivity contribution in [3.63, 3.8) is 0 Å². The first-order chi connectivity index (χ1) is 13.4. The van der Waals surface area contributed by atoms with Crippen LogP contribution in [-0.4, -0.2) is 27.5 Å². The molecule has 0 bridgehead atoms. The van der Waals surface area contributed by atoms with Gasteiger partial charge in [0.2, 0.25) is 5.91 Å². The Hall–Kier alpha value is -3.35. The number of imidazole rings is 1. The molecule has 7 nitrogen and oxygen atoms in total. The summed E-state index contributed by atoms with van der Waals surface area (Å²) in [6.07, 6.45) is -0.527. The molecular formula is C21H22N4O3. The molecule has 0 saturated heterocycles. The molecule has 28 heavy (non-hydrogen) atoms. The molecule has 0 radical (unpaired) electrons. The summed E-state index contributed by atoms with van der Waals surface area (Å²) in [6, 6.07) is 13.1. The van der Waals surface area contributed by atoms with Crippen molar-refractivity contribution in [1.82, 2.24) is 9.55 Å². The van der Waals surface area contributed by atoms with E-state index in [2.05, 4.69) is 20.2 Å². The Bertz CT molecular complexity index is 1070. The number of ether oxygens (including phenoxy) is 1. The Labute approximate surface area is 162 Å². The van der Waals surface area contributed by atoms with Crippen LogP contribution in [0.25, 0.3) is 11.0 Å². The molecular weight excluding hydrogens is 356 g/mol. The zero-order chi connectivity index (χ0) is 19.8. The van der Waals surface area contributed by atoms with Crippen LogP contribution in [-0.2, 0) is 16.1 Å². The number of benzene rings is 2. The summed E-state index contributed by atoms with van der Waals surface area (Å²) in [5.41, 5.74) is 3.11. The third-order valence-corrected chi connectivity index (χ3v) is 4.93. The molecule has 0 spiro atoms. The molecule has 7 heteroatoms. The number of carbonyl (C=O) groups is 2. The Morgan fingerprint density at radius 2 is 2.11 bits per heavy atom. The summed E-state index contributed by atoms with van der Waals surface area (Å²) >= 11 is 0. The predicted octanol–water partition coefficient (Wildman–Crippen LogP) is 3.34. The molecule has 2 amide bonds. The van der Waals surface area contributed by atoms with Gasteiger partial charge in [0.25, 0.3) is 5.91 Å². The van der Waals surface area contributed by atoms with E-state index in [1.54, 1.807) is 25.1 Å². The molecule has 1 aromatic heterocycles. The average molecular weight is 378 g/mol. The lowest BCUT2D eigenvalue weighted by atomic mass is 10.1. The number of para-hydroxylation sites is 2. The molecule has 144 valence electrons. The van der Waals surface area contributed by atoms with Crippen molar-refractivity contribution in [2.24, 2.45) is 5.92 Å². The molecule has 0 saturated carbocycles. The standard InChI is InChI=1S/C21H22N4O3/c1-12(11-25-14(3)22-16-6-4-5-7-18(16)25)20(26)23-15-8-9-19-17(10-15)24-21(27)13(2)28-19/h4-10,12-13H,11H2,1-3H3,(H,23,26)(H,24,27)/t12-,13+/m1/s1. The van der Waals surface area contributed by atoms with Gasteiger partial charge in [0.05, 0.1) is 22.6 Å². The topological polar surface area (TPSA) is 85.3 Å². The van der Waals surface area contributed by atoms with Crippen LogP contribution in [0.1, 0.15) is 19.7 Å². The molecule has 1 aliphatic rings. The fraction of sp³-hybridized carbons (Fsp3) is 0.286. The molecule has 3 aromatic rings. The van der Waals surface area contributed by atoms with Crippen LogP contribution < -0.4 is 15.4 Å². The Balaban J connectivity index is 1.48. The lowest BCUT2D eigenvalue weighted by molar-refractivity contribution is -0.122. The zero-order valence-corrected chi connectivity index (χ0v) is 16.0. The first kappa shape index (κ1) is 18.0. The number of aryl methyl sites for hydroxylation is 1. The quantitative estimate of drug-likeness (QED) is 0.729. The Morgan fingerprint density at radius 1 is 1.32 bits per heavy atom. The SMILES string of the molecule is Cc1nc2ccccc2n1C[C@@H](C)C(=O)Nc1ccc2c(c1)NC(=O)[C@H](C)O2. The molecule has 2 atom stereocenters. The number of rotatable bonds is 4. The highest BCUT2D eigenvalue weighted by molar-refractivity contribution is 5.99. The first-order valence-corrected chi connectivity index (χ1v) is 9.26. The summed E-state index contributed by atoms with van der Waals surface area (Å²) in [5.74, 6) is 0.904. The highest BCUT2D eigenvalue weighted by Gasteiger charge is 2.24. The van der Waals surface area contributed by atoms with Crippen molar-refractivity contribution in [2.75, 3.05) is 10.6 Å². The normalized spacial score (nSPS) is 16.8. The predicted molar refractivity (Wildman–Crippen MR) is 107 cm³/mol. The van der Waals surface area contributed by atoms with E-state index in [0.717, 1.165) is 16.9 Å². The van der Waals surface area contributed by atoms with Crippen LogP contribution in [0.5, 0.6) is 5.75 Å². The zero-order valence-electron chi connectivity index (χ0n) is 16.0. The van der Waals surface area contributed by atoms with Crippen molar-refractivity contribution in [3.05, 3.63) is 48.3 Å². The monoisotopic (exact) mass is 378 g/mol. The molecule has 0 aliphatic carbocycles. The minimum absolute atomic E-state index is 0.103. The summed E-state index contributed by atoms with van der Waals surface area (Å²) in [7, 11) is 0. The van der Waals surface area contributed by atoms with Crippen molar-refractivity contribution in [1.29, 1.82) is 0 Å². The number of hydrogen-bond acceptors (Lipinski definition) is 4. The number of nitrogens with zero attached hydrogens (tertiary/aromatic N) is 2. The Kier molecular flexibility index (Phi) is 4.50. The summed E-state index contributed by atoms with van der Waals surface area (Å²) in [6.45, 7) is 6.05. The highest BCUT2D eigenvalue weighted by atomic mass is 16.5. The molecule has 2 N–H and O–H groups in total. The van der Waals surface area contributed by atoms with Gasteiger partial charge in [0.15, 0.2) is 6.10 Å². The van der Waals surface area contributed by atoms with E-state index in [1.807, 2.05) is 38.1 Å². The number of fused-ring (bicyclic) bond motifs is 2. The van der Waals surface area contributed by atoms with Gasteiger partial charge >= 0.3 is 0 Å². The summed E-state index contributed by atoms with van der Waals surface area (Å²) < 4.78 is 7.60. The second-order valence-electron chi connectivity index (χ2n) is 7.11. The van der Waals surface area contributed by atoms with Gasteiger partial charge in [0, 0.05) is 12.2 Å². The van der Waals surface area contributed by atoms with E-state index in [-0.39, 0.29) is 17.7 Å². The largest absolute Gasteiger partial charge is 0.479 e. The molecule has 2 heterocycles. The molecule has 0 unspecified atom stereocenters. The van der Waals surface area contributed by atoms with Crippen LogP contribution in [0.4, 0.5) is 11.4 Å². The van der Waals surface area contributed by atoms with E-state index in [4.69, 9.17) is 4.74 Å². The number of aromatic nitrogens is 2. The highest BCUT2D eigenvalue weighted by Crippen LogP contribution is 2.32. The van der Waals surface area contributed by atoms with Crippen LogP contribution in [0.3, 0.4) is 0 Å². The molecule has 1 aliphatic heterocycles.